The van der Waals surface area contributed by atoms with Crippen LogP contribution in [0.4, 0.5) is 11.6 Å². The SMILES string of the molecule is Cc1nc(N)c(C)c(NCC2(C)CCCC2)n1. The minimum Gasteiger partial charge on any atom is -0.383 e. The largest absolute Gasteiger partial charge is 0.383 e. The van der Waals surface area contributed by atoms with Crippen LogP contribution in [0.5, 0.6) is 0 Å². The predicted octanol–water partition coefficient (Wildman–Crippen LogP) is 2.67. The highest BCUT2D eigenvalue weighted by Crippen LogP contribution is 2.37. The number of hydrogen-bond donors (Lipinski definition) is 2. The highest BCUT2D eigenvalue weighted by atomic mass is 15.1. The lowest BCUT2D eigenvalue weighted by Crippen LogP contribution is -2.24. The van der Waals surface area contributed by atoms with E-state index in [1.807, 2.05) is 13.8 Å². The van der Waals surface area contributed by atoms with Crippen molar-refractivity contribution in [2.24, 2.45) is 5.41 Å². The summed E-state index contributed by atoms with van der Waals surface area (Å²) in [5, 5.41) is 3.45. The first-order chi connectivity index (χ1) is 8.00. The van der Waals surface area contributed by atoms with Gasteiger partial charge in [0.2, 0.25) is 0 Å². The summed E-state index contributed by atoms with van der Waals surface area (Å²) in [4.78, 5) is 8.58. The first kappa shape index (κ1) is 12.1. The maximum Gasteiger partial charge on any atom is 0.134 e. The summed E-state index contributed by atoms with van der Waals surface area (Å²) >= 11 is 0. The van der Waals surface area contributed by atoms with Crippen molar-refractivity contribution in [3.63, 3.8) is 0 Å². The molecule has 4 heteroatoms. The van der Waals surface area contributed by atoms with Crippen LogP contribution >= 0.6 is 0 Å². The van der Waals surface area contributed by atoms with Crippen LogP contribution in [-0.2, 0) is 0 Å². The van der Waals surface area contributed by atoms with Crippen molar-refractivity contribution >= 4 is 11.6 Å². The van der Waals surface area contributed by atoms with Crippen molar-refractivity contribution in [2.75, 3.05) is 17.6 Å². The number of hydrogen-bond acceptors (Lipinski definition) is 4. The normalized spacial score (nSPS) is 18.3. The third kappa shape index (κ3) is 2.68. The molecular formula is C13H22N4. The van der Waals surface area contributed by atoms with E-state index in [-0.39, 0.29) is 0 Å². The van der Waals surface area contributed by atoms with E-state index in [1.165, 1.54) is 25.7 Å². The number of rotatable bonds is 3. The predicted molar refractivity (Wildman–Crippen MR) is 71.0 cm³/mol. The Kier molecular flexibility index (Phi) is 3.22. The third-order valence-electron chi connectivity index (χ3n) is 3.79. The van der Waals surface area contributed by atoms with Gasteiger partial charge in [-0.3, -0.25) is 0 Å². The minimum absolute atomic E-state index is 0.417. The number of nitrogen functional groups attached to an aromatic ring is 1. The number of aromatic nitrogens is 2. The standard InChI is InChI=1S/C13H22N4/c1-9-11(14)16-10(2)17-12(9)15-8-13(3)6-4-5-7-13/h4-8H2,1-3H3,(H3,14,15,16,17). The number of nitrogens with zero attached hydrogens (tertiary/aromatic N) is 2. The second kappa shape index (κ2) is 4.51. The lowest BCUT2D eigenvalue weighted by Gasteiger charge is -2.24. The zero-order chi connectivity index (χ0) is 12.5. The molecule has 0 unspecified atom stereocenters. The van der Waals surface area contributed by atoms with Gasteiger partial charge in [0, 0.05) is 12.1 Å². The first-order valence-electron chi connectivity index (χ1n) is 6.35. The average Bonchev–Trinajstić information content (AvgIpc) is 2.69. The zero-order valence-electron chi connectivity index (χ0n) is 11.0. The number of nitrogens with one attached hydrogen (secondary N) is 1. The monoisotopic (exact) mass is 234 g/mol. The van der Waals surface area contributed by atoms with Gasteiger partial charge < -0.3 is 11.1 Å². The molecule has 0 bridgehead atoms. The van der Waals surface area contributed by atoms with Crippen molar-refractivity contribution < 1.29 is 0 Å². The molecular weight excluding hydrogens is 212 g/mol. The molecule has 1 saturated carbocycles. The van der Waals surface area contributed by atoms with Gasteiger partial charge in [0.25, 0.3) is 0 Å². The molecule has 1 aromatic rings. The first-order valence-corrected chi connectivity index (χ1v) is 6.35. The quantitative estimate of drug-likeness (QED) is 0.844. The maximum absolute atomic E-state index is 5.85. The Bertz CT molecular complexity index is 408. The van der Waals surface area contributed by atoms with Gasteiger partial charge in [0.1, 0.15) is 17.5 Å². The van der Waals surface area contributed by atoms with Crippen LogP contribution in [-0.4, -0.2) is 16.5 Å². The summed E-state index contributed by atoms with van der Waals surface area (Å²) in [7, 11) is 0. The van der Waals surface area contributed by atoms with E-state index in [4.69, 9.17) is 5.73 Å². The van der Waals surface area contributed by atoms with Gasteiger partial charge in [0.05, 0.1) is 0 Å². The van der Waals surface area contributed by atoms with Gasteiger partial charge in [-0.25, -0.2) is 9.97 Å². The molecule has 1 fully saturated rings. The van der Waals surface area contributed by atoms with E-state index in [0.717, 1.165) is 23.8 Å². The van der Waals surface area contributed by atoms with Gasteiger partial charge in [-0.15, -0.1) is 0 Å². The lowest BCUT2D eigenvalue weighted by atomic mass is 9.89. The summed E-state index contributed by atoms with van der Waals surface area (Å²) in [6, 6.07) is 0. The second-order valence-electron chi connectivity index (χ2n) is 5.50. The Morgan fingerprint density at radius 3 is 2.53 bits per heavy atom. The van der Waals surface area contributed by atoms with Crippen molar-refractivity contribution in [2.45, 2.75) is 46.5 Å². The van der Waals surface area contributed by atoms with Gasteiger partial charge in [0.15, 0.2) is 0 Å². The lowest BCUT2D eigenvalue weighted by molar-refractivity contribution is 0.361. The molecule has 0 amide bonds. The summed E-state index contributed by atoms with van der Waals surface area (Å²) in [6.45, 7) is 7.16. The topological polar surface area (TPSA) is 63.8 Å². The number of nitrogens with two attached hydrogens (primary N) is 1. The van der Waals surface area contributed by atoms with Gasteiger partial charge >= 0.3 is 0 Å². The summed E-state index contributed by atoms with van der Waals surface area (Å²) in [6.07, 6.45) is 5.31. The van der Waals surface area contributed by atoms with Gasteiger partial charge in [-0.1, -0.05) is 19.8 Å². The molecule has 0 radical (unpaired) electrons. The fourth-order valence-corrected chi connectivity index (χ4v) is 2.52. The Hall–Kier alpha value is -1.32. The Morgan fingerprint density at radius 2 is 1.88 bits per heavy atom. The molecule has 17 heavy (non-hydrogen) atoms. The number of aryl methyl sites for hydroxylation is 1. The molecule has 4 nitrogen and oxygen atoms in total. The van der Waals surface area contributed by atoms with Crippen molar-refractivity contribution in [1.29, 1.82) is 0 Å². The van der Waals surface area contributed by atoms with E-state index in [9.17, 15) is 0 Å². The van der Waals surface area contributed by atoms with Crippen molar-refractivity contribution in [1.82, 2.24) is 9.97 Å². The van der Waals surface area contributed by atoms with Crippen LogP contribution in [0.2, 0.25) is 0 Å². The number of anilines is 2. The Morgan fingerprint density at radius 1 is 1.24 bits per heavy atom. The molecule has 0 spiro atoms. The van der Waals surface area contributed by atoms with Gasteiger partial charge in [-0.2, -0.15) is 0 Å². The fourth-order valence-electron chi connectivity index (χ4n) is 2.52. The molecule has 0 atom stereocenters. The molecule has 0 aromatic carbocycles. The molecule has 3 N–H and O–H groups in total. The van der Waals surface area contributed by atoms with E-state index >= 15 is 0 Å². The maximum atomic E-state index is 5.85. The molecule has 0 aliphatic heterocycles. The molecule has 1 aliphatic rings. The molecule has 94 valence electrons. The van der Waals surface area contributed by atoms with E-state index in [1.54, 1.807) is 0 Å². The zero-order valence-corrected chi connectivity index (χ0v) is 11.0. The highest BCUT2D eigenvalue weighted by molar-refractivity contribution is 5.54. The van der Waals surface area contributed by atoms with Crippen LogP contribution in [0, 0.1) is 19.3 Å². The van der Waals surface area contributed by atoms with Crippen LogP contribution in [0.3, 0.4) is 0 Å². The van der Waals surface area contributed by atoms with Crippen LogP contribution in [0.15, 0.2) is 0 Å². The summed E-state index contributed by atoms with van der Waals surface area (Å²) < 4.78 is 0. The molecule has 1 aromatic heterocycles. The Balaban J connectivity index is 2.08. The van der Waals surface area contributed by atoms with E-state index in [2.05, 4.69) is 22.2 Å². The van der Waals surface area contributed by atoms with Crippen LogP contribution in [0.1, 0.15) is 44.0 Å². The summed E-state index contributed by atoms with van der Waals surface area (Å²) in [5.41, 5.74) is 7.22. The molecule has 1 heterocycles. The Labute approximate surface area is 103 Å². The highest BCUT2D eigenvalue weighted by Gasteiger charge is 2.28. The minimum atomic E-state index is 0.417. The molecule has 1 aliphatic carbocycles. The molecule has 0 saturated heterocycles. The van der Waals surface area contributed by atoms with Crippen LogP contribution in [0.25, 0.3) is 0 Å². The molecule has 2 rings (SSSR count). The van der Waals surface area contributed by atoms with Gasteiger partial charge in [-0.05, 0) is 32.1 Å². The van der Waals surface area contributed by atoms with Crippen molar-refractivity contribution in [3.8, 4) is 0 Å². The van der Waals surface area contributed by atoms with Crippen molar-refractivity contribution in [3.05, 3.63) is 11.4 Å². The average molecular weight is 234 g/mol. The summed E-state index contributed by atoms with van der Waals surface area (Å²) in [5.74, 6) is 2.20. The fraction of sp³-hybridized carbons (Fsp3) is 0.692. The van der Waals surface area contributed by atoms with E-state index < -0.39 is 0 Å². The van der Waals surface area contributed by atoms with Crippen LogP contribution < -0.4 is 11.1 Å². The third-order valence-corrected chi connectivity index (χ3v) is 3.79. The van der Waals surface area contributed by atoms with E-state index in [0.29, 0.717) is 11.2 Å². The second-order valence-corrected chi connectivity index (χ2v) is 5.50. The smallest absolute Gasteiger partial charge is 0.134 e.